The molecule has 74 valence electrons. The van der Waals surface area contributed by atoms with Gasteiger partial charge in [0.1, 0.15) is 5.69 Å². The van der Waals surface area contributed by atoms with E-state index in [0.29, 0.717) is 5.69 Å². The van der Waals surface area contributed by atoms with Crippen LogP contribution in [0, 0.1) is 0 Å². The molecule has 0 atom stereocenters. The molecule has 0 aromatic carbocycles. The van der Waals surface area contributed by atoms with E-state index < -0.39 is 0 Å². The van der Waals surface area contributed by atoms with Crippen molar-refractivity contribution >= 4 is 5.78 Å². The third-order valence-corrected chi connectivity index (χ3v) is 1.86. The normalized spacial score (nSPS) is 11.2. The lowest BCUT2D eigenvalue weighted by molar-refractivity contribution is 0.103. The largest absolute Gasteiger partial charge is 0.381 e. The molecule has 0 aliphatic carbocycles. The Morgan fingerprint density at radius 2 is 2.14 bits per heavy atom. The second kappa shape index (κ2) is 4.50. The van der Waals surface area contributed by atoms with Crippen molar-refractivity contribution in [1.29, 1.82) is 0 Å². The van der Waals surface area contributed by atoms with Gasteiger partial charge in [0.05, 0.1) is 6.20 Å². The molecule has 0 amide bonds. The number of nitrogens with zero attached hydrogens (tertiary/aromatic N) is 3. The van der Waals surface area contributed by atoms with Gasteiger partial charge < -0.3 is 4.90 Å². The Morgan fingerprint density at radius 1 is 1.43 bits per heavy atom. The number of rotatable bonds is 3. The minimum Gasteiger partial charge on any atom is -0.381 e. The highest BCUT2D eigenvalue weighted by Crippen LogP contribution is 2.00. The lowest BCUT2D eigenvalue weighted by atomic mass is 10.2. The van der Waals surface area contributed by atoms with Gasteiger partial charge in [-0.3, -0.25) is 9.78 Å². The summed E-state index contributed by atoms with van der Waals surface area (Å²) in [6, 6.07) is 0. The molecule has 0 bridgehead atoms. The Bertz CT molecular complexity index is 344. The van der Waals surface area contributed by atoms with Gasteiger partial charge in [0.2, 0.25) is 5.78 Å². The fourth-order valence-corrected chi connectivity index (χ4v) is 0.819. The molecule has 0 fully saturated rings. The first-order valence-electron chi connectivity index (χ1n) is 4.27. The second-order valence-electron chi connectivity index (χ2n) is 3.14. The lowest BCUT2D eigenvalue weighted by Gasteiger charge is -2.11. The van der Waals surface area contributed by atoms with E-state index in [1.807, 2.05) is 25.9 Å². The third kappa shape index (κ3) is 2.65. The minimum absolute atomic E-state index is 0.121. The number of aromatic nitrogens is 2. The summed E-state index contributed by atoms with van der Waals surface area (Å²) in [5.41, 5.74) is 1.26. The zero-order valence-corrected chi connectivity index (χ0v) is 8.56. The quantitative estimate of drug-likeness (QED) is 0.530. The lowest BCUT2D eigenvalue weighted by Crippen LogP contribution is -2.10. The Kier molecular flexibility index (Phi) is 3.34. The van der Waals surface area contributed by atoms with E-state index in [9.17, 15) is 4.79 Å². The SMILES string of the molecule is C/C(=C\C(=O)c1cnccn1)N(C)C. The van der Waals surface area contributed by atoms with Crippen molar-refractivity contribution in [3.63, 3.8) is 0 Å². The fraction of sp³-hybridized carbons (Fsp3) is 0.300. The van der Waals surface area contributed by atoms with Gasteiger partial charge in [0.25, 0.3) is 0 Å². The monoisotopic (exact) mass is 191 g/mol. The molecule has 0 N–H and O–H groups in total. The van der Waals surface area contributed by atoms with Crippen LogP contribution >= 0.6 is 0 Å². The van der Waals surface area contributed by atoms with Crippen molar-refractivity contribution in [1.82, 2.24) is 14.9 Å². The van der Waals surface area contributed by atoms with E-state index in [-0.39, 0.29) is 5.78 Å². The molecule has 0 unspecified atom stereocenters. The van der Waals surface area contributed by atoms with Crippen LogP contribution in [0.5, 0.6) is 0 Å². The molecule has 0 aliphatic rings. The molecule has 0 radical (unpaired) electrons. The maximum Gasteiger partial charge on any atom is 0.207 e. The van der Waals surface area contributed by atoms with Gasteiger partial charge in [0.15, 0.2) is 0 Å². The molecule has 1 heterocycles. The first kappa shape index (κ1) is 10.4. The predicted molar refractivity (Wildman–Crippen MR) is 53.8 cm³/mol. The molecule has 1 aromatic rings. The molecule has 14 heavy (non-hydrogen) atoms. The summed E-state index contributed by atoms with van der Waals surface area (Å²) in [7, 11) is 3.77. The van der Waals surface area contributed by atoms with Crippen LogP contribution in [-0.2, 0) is 0 Å². The predicted octanol–water partition coefficient (Wildman–Crippen LogP) is 1.12. The number of carbonyl (C=O) groups is 1. The first-order chi connectivity index (χ1) is 6.61. The van der Waals surface area contributed by atoms with Crippen molar-refractivity contribution in [2.45, 2.75) is 6.92 Å². The van der Waals surface area contributed by atoms with Crippen molar-refractivity contribution < 1.29 is 4.79 Å². The Balaban J connectivity index is 2.83. The highest BCUT2D eigenvalue weighted by atomic mass is 16.1. The molecule has 0 saturated heterocycles. The Labute approximate surface area is 83.3 Å². The van der Waals surface area contributed by atoms with Crippen LogP contribution in [0.1, 0.15) is 17.4 Å². The van der Waals surface area contributed by atoms with Crippen molar-refractivity contribution in [2.75, 3.05) is 14.1 Å². The molecule has 0 spiro atoms. The molecule has 1 aromatic heterocycles. The molecule has 0 aliphatic heterocycles. The van der Waals surface area contributed by atoms with Gasteiger partial charge in [-0.05, 0) is 6.92 Å². The van der Waals surface area contributed by atoms with Crippen LogP contribution in [-0.4, -0.2) is 34.7 Å². The average molecular weight is 191 g/mol. The van der Waals surface area contributed by atoms with E-state index >= 15 is 0 Å². The second-order valence-corrected chi connectivity index (χ2v) is 3.14. The summed E-state index contributed by atoms with van der Waals surface area (Å²) in [4.78, 5) is 21.2. The Morgan fingerprint density at radius 3 is 2.64 bits per heavy atom. The summed E-state index contributed by atoms with van der Waals surface area (Å²) in [5.74, 6) is -0.121. The maximum absolute atomic E-state index is 11.6. The summed E-state index contributed by atoms with van der Waals surface area (Å²) < 4.78 is 0. The maximum atomic E-state index is 11.6. The van der Waals surface area contributed by atoms with Crippen LogP contribution in [0.2, 0.25) is 0 Å². The van der Waals surface area contributed by atoms with Gasteiger partial charge in [-0.1, -0.05) is 0 Å². The van der Waals surface area contributed by atoms with Crippen LogP contribution in [0.25, 0.3) is 0 Å². The van der Waals surface area contributed by atoms with Crippen molar-refractivity contribution in [3.8, 4) is 0 Å². The number of ketones is 1. The van der Waals surface area contributed by atoms with Crippen LogP contribution in [0.15, 0.2) is 30.4 Å². The number of carbonyl (C=O) groups excluding carboxylic acids is 1. The van der Waals surface area contributed by atoms with E-state index in [2.05, 4.69) is 9.97 Å². The highest BCUT2D eigenvalue weighted by Gasteiger charge is 2.04. The summed E-state index contributed by atoms with van der Waals surface area (Å²) in [6.07, 6.45) is 6.05. The van der Waals surface area contributed by atoms with Gasteiger partial charge in [-0.25, -0.2) is 4.98 Å². The Hall–Kier alpha value is -1.71. The van der Waals surface area contributed by atoms with Crippen LogP contribution < -0.4 is 0 Å². The molecular formula is C10H13N3O. The highest BCUT2D eigenvalue weighted by molar-refractivity contribution is 6.03. The van der Waals surface area contributed by atoms with E-state index in [1.54, 1.807) is 12.3 Å². The smallest absolute Gasteiger partial charge is 0.207 e. The van der Waals surface area contributed by atoms with E-state index in [1.165, 1.54) is 12.4 Å². The average Bonchev–Trinajstić information content (AvgIpc) is 2.19. The zero-order valence-electron chi connectivity index (χ0n) is 8.56. The summed E-state index contributed by atoms with van der Waals surface area (Å²) in [6.45, 7) is 1.87. The minimum atomic E-state index is -0.121. The summed E-state index contributed by atoms with van der Waals surface area (Å²) >= 11 is 0. The van der Waals surface area contributed by atoms with Crippen LogP contribution in [0.3, 0.4) is 0 Å². The standard InChI is InChI=1S/C10H13N3O/c1-8(13(2)3)6-10(14)9-7-11-4-5-12-9/h4-7H,1-3H3/b8-6+. The molecular weight excluding hydrogens is 178 g/mol. The van der Waals surface area contributed by atoms with Crippen LogP contribution in [0.4, 0.5) is 0 Å². The molecule has 4 heteroatoms. The van der Waals surface area contributed by atoms with Crippen molar-refractivity contribution in [3.05, 3.63) is 36.1 Å². The van der Waals surface area contributed by atoms with Gasteiger partial charge in [-0.2, -0.15) is 0 Å². The topological polar surface area (TPSA) is 46.1 Å². The number of allylic oxidation sites excluding steroid dienone is 2. The van der Waals surface area contributed by atoms with Gasteiger partial charge >= 0.3 is 0 Å². The van der Waals surface area contributed by atoms with Gasteiger partial charge in [0, 0.05) is 38.3 Å². The van der Waals surface area contributed by atoms with E-state index in [4.69, 9.17) is 0 Å². The third-order valence-electron chi connectivity index (χ3n) is 1.86. The molecule has 4 nitrogen and oxygen atoms in total. The number of hydrogen-bond donors (Lipinski definition) is 0. The zero-order chi connectivity index (χ0) is 10.6. The van der Waals surface area contributed by atoms with Gasteiger partial charge in [-0.15, -0.1) is 0 Å². The number of hydrogen-bond acceptors (Lipinski definition) is 4. The molecule has 0 saturated carbocycles. The summed E-state index contributed by atoms with van der Waals surface area (Å²) in [5, 5.41) is 0. The fourth-order valence-electron chi connectivity index (χ4n) is 0.819. The molecule has 1 rings (SSSR count). The van der Waals surface area contributed by atoms with E-state index in [0.717, 1.165) is 5.70 Å². The first-order valence-corrected chi connectivity index (χ1v) is 4.27. The van der Waals surface area contributed by atoms with Crippen molar-refractivity contribution in [2.24, 2.45) is 0 Å².